The first-order valence-electron chi connectivity index (χ1n) is 7.65. The van der Waals surface area contributed by atoms with E-state index in [-0.39, 0.29) is 5.75 Å². The van der Waals surface area contributed by atoms with E-state index in [1.165, 1.54) is 33.6 Å². The summed E-state index contributed by atoms with van der Waals surface area (Å²) in [6, 6.07) is 11.2. The van der Waals surface area contributed by atoms with Crippen molar-refractivity contribution in [2.75, 3.05) is 5.43 Å². The molecule has 0 radical (unpaired) electrons. The molecular weight excluding hydrogens is 318 g/mol. The zero-order valence-corrected chi connectivity index (χ0v) is 14.7. The highest BCUT2D eigenvalue weighted by Gasteiger charge is 2.10. The number of nitrogens with one attached hydrogen (secondary N) is 1. The Balaban J connectivity index is 1.75. The molecule has 0 saturated heterocycles. The average Bonchev–Trinajstić information content (AvgIpc) is 2.97. The van der Waals surface area contributed by atoms with E-state index in [2.05, 4.69) is 48.4 Å². The number of benzene rings is 2. The topological polar surface area (TPSA) is 57.5 Å². The molecule has 1 heterocycles. The Morgan fingerprint density at radius 2 is 1.75 bits per heavy atom. The smallest absolute Gasteiger partial charge is 0.203 e. The summed E-state index contributed by atoms with van der Waals surface area (Å²) in [4.78, 5) is 4.63. The number of hydrazone groups is 1. The average molecular weight is 337 g/mol. The minimum absolute atomic E-state index is 0.244. The Labute approximate surface area is 145 Å². The Hall–Kier alpha value is -2.66. The maximum atomic E-state index is 9.26. The van der Waals surface area contributed by atoms with E-state index >= 15 is 0 Å². The summed E-state index contributed by atoms with van der Waals surface area (Å²) in [6.45, 7) is 6.34. The Morgan fingerprint density at radius 1 is 1.08 bits per heavy atom. The van der Waals surface area contributed by atoms with Crippen LogP contribution in [0.15, 0.2) is 46.9 Å². The zero-order valence-electron chi connectivity index (χ0n) is 13.9. The van der Waals surface area contributed by atoms with Crippen molar-refractivity contribution in [2.45, 2.75) is 20.8 Å². The largest absolute Gasteiger partial charge is 0.508 e. The van der Waals surface area contributed by atoms with E-state index in [0.717, 1.165) is 16.4 Å². The predicted molar refractivity (Wildman–Crippen MR) is 101 cm³/mol. The van der Waals surface area contributed by atoms with Crippen molar-refractivity contribution in [1.29, 1.82) is 0 Å². The van der Waals surface area contributed by atoms with Crippen LogP contribution in [0.4, 0.5) is 5.13 Å². The lowest BCUT2D eigenvalue weighted by atomic mass is 9.98. The molecule has 0 saturated carbocycles. The first-order valence-corrected chi connectivity index (χ1v) is 8.53. The van der Waals surface area contributed by atoms with Gasteiger partial charge in [0, 0.05) is 10.9 Å². The van der Waals surface area contributed by atoms with Gasteiger partial charge in [-0.05, 0) is 61.7 Å². The highest BCUT2D eigenvalue weighted by molar-refractivity contribution is 7.14. The van der Waals surface area contributed by atoms with E-state index in [0.29, 0.717) is 0 Å². The first-order chi connectivity index (χ1) is 11.5. The van der Waals surface area contributed by atoms with Crippen molar-refractivity contribution in [3.63, 3.8) is 0 Å². The lowest BCUT2D eigenvalue weighted by molar-refractivity contribution is 0.475. The molecule has 4 nitrogen and oxygen atoms in total. The van der Waals surface area contributed by atoms with Gasteiger partial charge < -0.3 is 5.11 Å². The monoisotopic (exact) mass is 337 g/mol. The molecule has 0 amide bonds. The van der Waals surface area contributed by atoms with Crippen molar-refractivity contribution in [3.05, 3.63) is 64.0 Å². The van der Waals surface area contributed by atoms with E-state index in [1.54, 1.807) is 30.5 Å². The number of hydrogen-bond donors (Lipinski definition) is 2. The third-order valence-corrected chi connectivity index (χ3v) is 4.45. The van der Waals surface area contributed by atoms with Crippen LogP contribution in [0, 0.1) is 20.8 Å². The van der Waals surface area contributed by atoms with E-state index in [9.17, 15) is 5.11 Å². The molecule has 3 rings (SSSR count). The predicted octanol–water partition coefficient (Wildman–Crippen LogP) is 4.89. The van der Waals surface area contributed by atoms with Gasteiger partial charge in [0.15, 0.2) is 0 Å². The Morgan fingerprint density at radius 3 is 2.42 bits per heavy atom. The number of anilines is 1. The molecule has 2 N–H and O–H groups in total. The number of aromatic hydroxyl groups is 1. The third-order valence-electron chi connectivity index (χ3n) is 3.70. The molecular formula is C19H19N3OS. The number of hydrogen-bond acceptors (Lipinski definition) is 5. The Kier molecular flexibility index (Phi) is 4.62. The van der Waals surface area contributed by atoms with E-state index < -0.39 is 0 Å². The van der Waals surface area contributed by atoms with Crippen molar-refractivity contribution >= 4 is 22.7 Å². The van der Waals surface area contributed by atoms with Gasteiger partial charge in [-0.15, -0.1) is 11.3 Å². The van der Waals surface area contributed by atoms with Gasteiger partial charge in [0.2, 0.25) is 5.13 Å². The summed E-state index contributed by atoms with van der Waals surface area (Å²) in [5.74, 6) is 0.244. The van der Waals surface area contributed by atoms with Crippen LogP contribution in [-0.2, 0) is 0 Å². The van der Waals surface area contributed by atoms with Crippen LogP contribution in [0.1, 0.15) is 22.3 Å². The van der Waals surface area contributed by atoms with Crippen LogP contribution in [0.3, 0.4) is 0 Å². The molecule has 122 valence electrons. The first kappa shape index (κ1) is 16.2. The lowest BCUT2D eigenvalue weighted by Gasteiger charge is -2.08. The van der Waals surface area contributed by atoms with Gasteiger partial charge in [0.25, 0.3) is 0 Å². The van der Waals surface area contributed by atoms with Crippen LogP contribution in [-0.4, -0.2) is 16.3 Å². The van der Waals surface area contributed by atoms with Crippen molar-refractivity contribution in [2.24, 2.45) is 5.10 Å². The number of phenols is 1. The highest BCUT2D eigenvalue weighted by atomic mass is 32.1. The van der Waals surface area contributed by atoms with Gasteiger partial charge in [0.1, 0.15) is 5.75 Å². The normalized spacial score (nSPS) is 11.1. The van der Waals surface area contributed by atoms with Crippen LogP contribution in [0.2, 0.25) is 0 Å². The maximum Gasteiger partial charge on any atom is 0.203 e. The standard InChI is InChI=1S/C19H19N3OS/c1-12-8-13(2)18(14(3)9-12)17-11-24-19(21-17)22-20-10-15-4-6-16(23)7-5-15/h4-11,23H,1-3H3,(H,21,22)/b20-10-. The van der Waals surface area contributed by atoms with Crippen LogP contribution >= 0.6 is 11.3 Å². The SMILES string of the molecule is Cc1cc(C)c(-c2csc(N/N=C\c3ccc(O)cc3)n2)c(C)c1. The number of phenolic OH excluding ortho intramolecular Hbond substituents is 1. The van der Waals surface area contributed by atoms with Gasteiger partial charge in [-0.3, -0.25) is 5.43 Å². The molecule has 2 aromatic carbocycles. The number of nitrogens with zero attached hydrogens (tertiary/aromatic N) is 2. The fourth-order valence-electron chi connectivity index (χ4n) is 2.75. The van der Waals surface area contributed by atoms with Gasteiger partial charge in [0.05, 0.1) is 11.9 Å². The molecule has 24 heavy (non-hydrogen) atoms. The lowest BCUT2D eigenvalue weighted by Crippen LogP contribution is -1.92. The van der Waals surface area contributed by atoms with Crippen molar-refractivity contribution in [3.8, 4) is 17.0 Å². The molecule has 0 unspecified atom stereocenters. The summed E-state index contributed by atoms with van der Waals surface area (Å²) < 4.78 is 0. The number of thiazole rings is 1. The third kappa shape index (κ3) is 3.63. The summed E-state index contributed by atoms with van der Waals surface area (Å²) in [5.41, 5.74) is 9.76. The molecule has 0 spiro atoms. The fourth-order valence-corrected chi connectivity index (χ4v) is 3.40. The number of rotatable bonds is 4. The molecule has 3 aromatic rings. The second-order valence-corrected chi connectivity index (χ2v) is 6.63. The fraction of sp³-hybridized carbons (Fsp3) is 0.158. The molecule has 0 atom stereocenters. The van der Waals surface area contributed by atoms with E-state index in [4.69, 9.17) is 0 Å². The van der Waals surface area contributed by atoms with Gasteiger partial charge in [-0.1, -0.05) is 17.7 Å². The van der Waals surface area contributed by atoms with Crippen molar-refractivity contribution in [1.82, 2.24) is 4.98 Å². The molecule has 0 fully saturated rings. The molecule has 1 aromatic heterocycles. The number of aromatic nitrogens is 1. The summed E-state index contributed by atoms with van der Waals surface area (Å²) >= 11 is 1.53. The summed E-state index contributed by atoms with van der Waals surface area (Å²) in [7, 11) is 0. The molecule has 0 aliphatic heterocycles. The minimum atomic E-state index is 0.244. The molecule has 0 bridgehead atoms. The summed E-state index contributed by atoms with van der Waals surface area (Å²) in [5, 5.41) is 16.3. The highest BCUT2D eigenvalue weighted by Crippen LogP contribution is 2.31. The molecule has 0 aliphatic rings. The quantitative estimate of drug-likeness (QED) is 0.526. The Bertz CT molecular complexity index is 859. The van der Waals surface area contributed by atoms with E-state index in [1.807, 2.05) is 5.38 Å². The van der Waals surface area contributed by atoms with Gasteiger partial charge in [-0.25, -0.2) is 4.98 Å². The zero-order chi connectivity index (χ0) is 17.1. The summed E-state index contributed by atoms with van der Waals surface area (Å²) in [6.07, 6.45) is 1.70. The van der Waals surface area contributed by atoms with Crippen molar-refractivity contribution < 1.29 is 5.11 Å². The number of aryl methyl sites for hydroxylation is 3. The molecule has 0 aliphatic carbocycles. The second kappa shape index (κ2) is 6.84. The van der Waals surface area contributed by atoms with Gasteiger partial charge in [-0.2, -0.15) is 5.10 Å². The van der Waals surface area contributed by atoms with Crippen LogP contribution in [0.5, 0.6) is 5.75 Å². The van der Waals surface area contributed by atoms with Crippen LogP contribution < -0.4 is 5.43 Å². The minimum Gasteiger partial charge on any atom is -0.508 e. The van der Waals surface area contributed by atoms with Gasteiger partial charge >= 0.3 is 0 Å². The second-order valence-electron chi connectivity index (χ2n) is 5.77. The molecule has 5 heteroatoms. The van der Waals surface area contributed by atoms with Crippen LogP contribution in [0.25, 0.3) is 11.3 Å². The maximum absolute atomic E-state index is 9.26.